The summed E-state index contributed by atoms with van der Waals surface area (Å²) in [6.07, 6.45) is 1.03. The van der Waals surface area contributed by atoms with Crippen molar-refractivity contribution in [1.82, 2.24) is 9.97 Å². The third kappa shape index (κ3) is 5.14. The van der Waals surface area contributed by atoms with Gasteiger partial charge in [0.1, 0.15) is 5.75 Å². The van der Waals surface area contributed by atoms with Crippen LogP contribution >= 0.6 is 11.3 Å². The topological polar surface area (TPSA) is 72.0 Å². The van der Waals surface area contributed by atoms with E-state index in [1.807, 2.05) is 0 Å². The molecule has 2 aromatic heterocycles. The van der Waals surface area contributed by atoms with Crippen molar-refractivity contribution < 1.29 is 22.7 Å². The number of H-pyrrole nitrogens is 1. The molecule has 138 valence electrons. The molecule has 1 N–H and O–H groups in total. The van der Waals surface area contributed by atoms with Crippen molar-refractivity contribution >= 4 is 29.3 Å². The van der Waals surface area contributed by atoms with E-state index in [4.69, 9.17) is 0 Å². The summed E-state index contributed by atoms with van der Waals surface area (Å²) >= 11 is 1.06. The van der Waals surface area contributed by atoms with Crippen LogP contribution in [0.3, 0.4) is 0 Å². The zero-order chi connectivity index (χ0) is 19.4. The van der Waals surface area contributed by atoms with Gasteiger partial charge in [-0.15, -0.1) is 24.5 Å². The molecule has 0 radical (unpaired) electrons. The number of nitrogens with one attached hydrogen (secondary N) is 1. The first-order valence-electron chi connectivity index (χ1n) is 7.53. The number of rotatable bonds is 4. The Balaban J connectivity index is 1.87. The first-order valence-corrected chi connectivity index (χ1v) is 8.34. The molecule has 0 spiro atoms. The van der Waals surface area contributed by atoms with E-state index in [2.05, 4.69) is 14.7 Å². The molecular formula is C18H11F3N2O3S. The molecule has 0 aliphatic rings. The van der Waals surface area contributed by atoms with Crippen molar-refractivity contribution in [3.63, 3.8) is 0 Å². The fourth-order valence-electron chi connectivity index (χ4n) is 2.16. The van der Waals surface area contributed by atoms with E-state index in [-0.39, 0.29) is 11.5 Å². The molecule has 0 saturated carbocycles. The molecule has 0 fully saturated rings. The summed E-state index contributed by atoms with van der Waals surface area (Å²) < 4.78 is 41.0. The van der Waals surface area contributed by atoms with Gasteiger partial charge in [0, 0.05) is 24.0 Å². The van der Waals surface area contributed by atoms with Crippen LogP contribution in [0.4, 0.5) is 13.2 Å². The maximum absolute atomic E-state index is 12.2. The molecule has 1 aromatic carbocycles. The summed E-state index contributed by atoms with van der Waals surface area (Å²) in [7, 11) is 0. The van der Waals surface area contributed by atoms with E-state index in [9.17, 15) is 22.8 Å². The van der Waals surface area contributed by atoms with Crippen LogP contribution in [0.15, 0.2) is 53.6 Å². The number of carbonyl (C=O) groups is 1. The van der Waals surface area contributed by atoms with Crippen molar-refractivity contribution in [1.29, 1.82) is 0 Å². The molecule has 3 rings (SSSR count). The maximum atomic E-state index is 12.2. The minimum Gasteiger partial charge on any atom is -0.406 e. The lowest BCUT2D eigenvalue weighted by Gasteiger charge is -2.08. The standard InChI is InChI=1S/C18H11F3N2O3S/c19-18(20,21)26-13-3-1-11(2-4-13)9-15-17(25)23-16(27-15)10-14(24)12-5-7-22-8-6-12/h1-10H,(H,23,25). The summed E-state index contributed by atoms with van der Waals surface area (Å²) in [6.45, 7) is 0. The van der Waals surface area contributed by atoms with Gasteiger partial charge in [0.2, 0.25) is 0 Å². The largest absolute Gasteiger partial charge is 0.573 e. The molecule has 27 heavy (non-hydrogen) atoms. The minimum absolute atomic E-state index is 0.282. The van der Waals surface area contributed by atoms with Crippen molar-refractivity contribution in [2.45, 2.75) is 6.36 Å². The van der Waals surface area contributed by atoms with Gasteiger partial charge in [0.15, 0.2) is 5.78 Å². The lowest BCUT2D eigenvalue weighted by molar-refractivity contribution is -0.274. The average Bonchev–Trinajstić information content (AvgIpc) is 2.95. The normalized spacial score (nSPS) is 13.0. The maximum Gasteiger partial charge on any atom is 0.573 e. The first kappa shape index (κ1) is 18.6. The average molecular weight is 392 g/mol. The van der Waals surface area contributed by atoms with Gasteiger partial charge in [-0.2, -0.15) is 0 Å². The third-order valence-electron chi connectivity index (χ3n) is 3.32. The molecule has 0 aliphatic carbocycles. The number of Topliss-reactive ketones (excluding diaryl/α,β-unsaturated/α-hetero) is 1. The van der Waals surface area contributed by atoms with Crippen LogP contribution in [-0.4, -0.2) is 22.1 Å². The summed E-state index contributed by atoms with van der Waals surface area (Å²) in [4.78, 5) is 30.6. The summed E-state index contributed by atoms with van der Waals surface area (Å²) in [5, 5.41) is 0. The first-order chi connectivity index (χ1) is 12.8. The van der Waals surface area contributed by atoms with Gasteiger partial charge in [-0.25, -0.2) is 0 Å². The Morgan fingerprint density at radius 1 is 1.11 bits per heavy atom. The lowest BCUT2D eigenvalue weighted by Crippen LogP contribution is -2.20. The van der Waals surface area contributed by atoms with Gasteiger partial charge in [-0.3, -0.25) is 14.6 Å². The number of alkyl halides is 3. The van der Waals surface area contributed by atoms with E-state index in [0.717, 1.165) is 23.5 Å². The van der Waals surface area contributed by atoms with Gasteiger partial charge in [0.25, 0.3) is 5.56 Å². The van der Waals surface area contributed by atoms with Crippen LogP contribution in [0.2, 0.25) is 0 Å². The molecule has 5 nitrogen and oxygen atoms in total. The molecule has 0 saturated heterocycles. The van der Waals surface area contributed by atoms with Crippen LogP contribution in [0.5, 0.6) is 5.75 Å². The molecule has 0 bridgehead atoms. The van der Waals surface area contributed by atoms with E-state index in [0.29, 0.717) is 20.3 Å². The molecule has 0 aliphatic heterocycles. The number of pyridine rings is 1. The Morgan fingerprint density at radius 2 is 1.78 bits per heavy atom. The van der Waals surface area contributed by atoms with Crippen molar-refractivity contribution in [2.24, 2.45) is 0 Å². The molecule has 0 unspecified atom stereocenters. The quantitative estimate of drug-likeness (QED) is 0.692. The lowest BCUT2D eigenvalue weighted by atomic mass is 10.2. The van der Waals surface area contributed by atoms with Gasteiger partial charge >= 0.3 is 6.36 Å². The number of thiazole rings is 1. The fourth-order valence-corrected chi connectivity index (χ4v) is 3.05. The second-order valence-electron chi connectivity index (χ2n) is 5.29. The fraction of sp³-hybridized carbons (Fsp3) is 0.0556. The second kappa shape index (κ2) is 7.58. The molecule has 2 heterocycles. The van der Waals surface area contributed by atoms with E-state index < -0.39 is 11.9 Å². The highest BCUT2D eigenvalue weighted by atomic mass is 32.1. The zero-order valence-electron chi connectivity index (χ0n) is 13.5. The SMILES string of the molecule is O=C(C=c1[nH]c(=O)c(=Cc2ccc(OC(F)(F)F)cc2)s1)c1ccncc1. The Labute approximate surface area is 154 Å². The number of aromatic amines is 1. The van der Waals surface area contributed by atoms with Crippen molar-refractivity contribution in [3.8, 4) is 5.75 Å². The predicted molar refractivity (Wildman–Crippen MR) is 93.9 cm³/mol. The highest BCUT2D eigenvalue weighted by molar-refractivity contribution is 7.07. The Hall–Kier alpha value is -3.20. The van der Waals surface area contributed by atoms with Crippen molar-refractivity contribution in [2.75, 3.05) is 0 Å². The molecular weight excluding hydrogens is 381 g/mol. The third-order valence-corrected chi connectivity index (χ3v) is 4.28. The molecule has 0 atom stereocenters. The number of halogens is 3. The number of hydrogen-bond acceptors (Lipinski definition) is 5. The van der Waals surface area contributed by atoms with Gasteiger partial charge < -0.3 is 9.72 Å². The van der Waals surface area contributed by atoms with Gasteiger partial charge in [0.05, 0.1) is 9.20 Å². The summed E-state index contributed by atoms with van der Waals surface area (Å²) in [5.74, 6) is -0.633. The predicted octanol–water partition coefficient (Wildman–Crippen LogP) is 2.22. The van der Waals surface area contributed by atoms with Crippen LogP contribution in [0, 0.1) is 0 Å². The van der Waals surface area contributed by atoms with Crippen LogP contribution in [-0.2, 0) is 0 Å². The van der Waals surface area contributed by atoms with E-state index in [1.165, 1.54) is 36.7 Å². The zero-order valence-corrected chi connectivity index (χ0v) is 14.3. The highest BCUT2D eigenvalue weighted by Crippen LogP contribution is 2.22. The monoisotopic (exact) mass is 392 g/mol. The van der Waals surface area contributed by atoms with E-state index >= 15 is 0 Å². The Bertz CT molecular complexity index is 1120. The summed E-state index contributed by atoms with van der Waals surface area (Å²) in [5.41, 5.74) is 0.554. The Morgan fingerprint density at radius 3 is 2.41 bits per heavy atom. The van der Waals surface area contributed by atoms with E-state index in [1.54, 1.807) is 12.1 Å². The number of carbonyl (C=O) groups excluding carboxylic acids is 1. The molecule has 9 heteroatoms. The molecule has 0 amide bonds. The number of ketones is 1. The smallest absolute Gasteiger partial charge is 0.406 e. The van der Waals surface area contributed by atoms with Gasteiger partial charge in [-0.05, 0) is 35.9 Å². The number of benzene rings is 1. The van der Waals surface area contributed by atoms with Crippen LogP contribution < -0.4 is 19.5 Å². The Kier molecular flexibility index (Phi) is 5.22. The summed E-state index contributed by atoms with van der Waals surface area (Å²) in [6, 6.07) is 8.21. The number of hydrogen-bond donors (Lipinski definition) is 1. The highest BCUT2D eigenvalue weighted by Gasteiger charge is 2.30. The molecule has 3 aromatic rings. The number of nitrogens with zero attached hydrogens (tertiary/aromatic N) is 1. The number of ether oxygens (including phenoxy) is 1. The van der Waals surface area contributed by atoms with Crippen molar-refractivity contribution in [3.05, 3.63) is 79.5 Å². The second-order valence-corrected chi connectivity index (χ2v) is 6.37. The van der Waals surface area contributed by atoms with Gasteiger partial charge in [-0.1, -0.05) is 12.1 Å². The minimum atomic E-state index is -4.76. The number of aromatic nitrogens is 2. The van der Waals surface area contributed by atoms with Crippen LogP contribution in [0.1, 0.15) is 15.9 Å². The van der Waals surface area contributed by atoms with Crippen LogP contribution in [0.25, 0.3) is 12.2 Å².